The van der Waals surface area contributed by atoms with E-state index in [1.807, 2.05) is 0 Å². The highest BCUT2D eigenvalue weighted by Gasteiger charge is 2.61. The molecular formula is C23H26F4N8O4S2. The third-order valence-electron chi connectivity index (χ3n) is 7.52. The summed E-state index contributed by atoms with van der Waals surface area (Å²) in [4.78, 5) is 12.9. The first kappa shape index (κ1) is 27.9. The zero-order valence-corrected chi connectivity index (χ0v) is 23.5. The average molecular weight is 619 g/mol. The number of alkyl halides is 4. The first-order chi connectivity index (χ1) is 19.3. The van der Waals surface area contributed by atoms with Gasteiger partial charge in [-0.2, -0.15) is 0 Å². The Bertz CT molecular complexity index is 1610. The van der Waals surface area contributed by atoms with Crippen LogP contribution in [0.4, 0.5) is 34.3 Å². The highest BCUT2D eigenvalue weighted by atomic mass is 32.2. The molecular weight excluding hydrogens is 592 g/mol. The molecule has 2 fully saturated rings. The Hall–Kier alpha value is -3.25. The lowest BCUT2D eigenvalue weighted by molar-refractivity contribution is -0.119. The second kappa shape index (κ2) is 9.65. The van der Waals surface area contributed by atoms with E-state index in [1.54, 1.807) is 22.4 Å². The summed E-state index contributed by atoms with van der Waals surface area (Å²) in [6.45, 7) is 0. The highest BCUT2D eigenvalue weighted by Crippen LogP contribution is 2.50. The van der Waals surface area contributed by atoms with Gasteiger partial charge in [-0.15, -0.1) is 26.6 Å². The van der Waals surface area contributed by atoms with Gasteiger partial charge in [-0.25, -0.2) is 35.4 Å². The highest BCUT2D eigenvalue weighted by molar-refractivity contribution is 7.90. The number of methoxy groups -OCH3 is 1. The molecule has 2 saturated carbocycles. The van der Waals surface area contributed by atoms with Crippen molar-refractivity contribution in [1.82, 2.24) is 29.3 Å². The maximum Gasteiger partial charge on any atom is 0.260 e. The lowest BCUT2D eigenvalue weighted by atomic mass is 9.89. The number of aryl methyl sites for hydroxylation is 2. The van der Waals surface area contributed by atoms with Crippen molar-refractivity contribution in [3.05, 3.63) is 22.8 Å². The van der Waals surface area contributed by atoms with E-state index in [9.17, 15) is 30.8 Å². The number of nitrogens with one attached hydrogen (secondary N) is 3. The van der Waals surface area contributed by atoms with Crippen molar-refractivity contribution in [2.24, 2.45) is 13.0 Å². The van der Waals surface area contributed by atoms with E-state index >= 15 is 0 Å². The monoisotopic (exact) mass is 618 g/mol. The molecule has 3 aromatic heterocycles. The van der Waals surface area contributed by atoms with Gasteiger partial charge in [0.2, 0.25) is 27.8 Å². The molecule has 2 atom stereocenters. The van der Waals surface area contributed by atoms with Crippen molar-refractivity contribution in [2.45, 2.75) is 67.3 Å². The predicted octanol–water partition coefficient (Wildman–Crippen LogP) is 3.23. The zero-order chi connectivity index (χ0) is 29.3. The number of carbonyl (C=O) groups excluding carboxylic acids is 1. The summed E-state index contributed by atoms with van der Waals surface area (Å²) in [5, 5.41) is 17.8. The number of carbonyl (C=O) groups is 1. The van der Waals surface area contributed by atoms with E-state index in [4.69, 9.17) is 4.74 Å². The van der Waals surface area contributed by atoms with E-state index in [0.29, 0.717) is 40.9 Å². The number of nitrogens with zero attached hydrogens (tertiary/aromatic N) is 5. The van der Waals surface area contributed by atoms with Gasteiger partial charge in [0, 0.05) is 49.3 Å². The standard InChI is InChI=1S/C23H26F4N8O4S2/c1-34-16(6-17(32-34)39-2)29-21-31-28-10-35(21)12-3-4-15-13(5-12)18(41(37,38)33-11-7-22(24,25)8-11)20(40-15)30-19(36)14-9-23(14,26)27/h6,10-12,14,33H,3-5,7-9H2,1-2H3,(H,29,31)(H,30,36)/t12-,14+/m0/s1. The number of aromatic nitrogens is 5. The van der Waals surface area contributed by atoms with Crippen LogP contribution in [0.2, 0.25) is 0 Å². The van der Waals surface area contributed by atoms with Gasteiger partial charge in [0.25, 0.3) is 11.8 Å². The van der Waals surface area contributed by atoms with Crippen LogP contribution in [-0.2, 0) is 34.7 Å². The summed E-state index contributed by atoms with van der Waals surface area (Å²) >= 11 is 1.00. The Labute approximate surface area is 235 Å². The minimum absolute atomic E-state index is 0.0916. The molecule has 12 nitrogen and oxygen atoms in total. The fourth-order valence-electron chi connectivity index (χ4n) is 5.23. The predicted molar refractivity (Wildman–Crippen MR) is 138 cm³/mol. The van der Waals surface area contributed by atoms with Crippen molar-refractivity contribution >= 4 is 44.0 Å². The topological polar surface area (TPSA) is 145 Å². The maximum absolute atomic E-state index is 13.6. The Morgan fingerprint density at radius 1 is 1.22 bits per heavy atom. The van der Waals surface area contributed by atoms with Crippen LogP contribution in [0.25, 0.3) is 0 Å². The molecule has 6 rings (SSSR count). The fourth-order valence-corrected chi connectivity index (χ4v) is 8.44. The normalized spacial score (nSPS) is 23.0. The SMILES string of the molecule is COc1cc(Nc2nncn2[C@H]2CCc3sc(NC(=O)[C@H]4CC4(F)F)c(S(=O)(=O)NC4CC(F)(F)C4)c3C2)n(C)n1. The van der Waals surface area contributed by atoms with Crippen LogP contribution in [0.5, 0.6) is 5.88 Å². The minimum atomic E-state index is -4.39. The van der Waals surface area contributed by atoms with Gasteiger partial charge in [-0.3, -0.25) is 9.36 Å². The number of thiophene rings is 1. The Morgan fingerprint density at radius 3 is 2.59 bits per heavy atom. The van der Waals surface area contributed by atoms with E-state index in [-0.39, 0.29) is 22.4 Å². The van der Waals surface area contributed by atoms with E-state index in [2.05, 4.69) is 30.7 Å². The van der Waals surface area contributed by atoms with Gasteiger partial charge in [-0.1, -0.05) is 0 Å². The molecule has 3 aromatic rings. The number of hydrogen-bond acceptors (Lipinski definition) is 9. The molecule has 0 unspecified atom stereocenters. The number of hydrogen-bond donors (Lipinski definition) is 3. The molecule has 0 radical (unpaired) electrons. The number of halogens is 4. The molecule has 0 aliphatic heterocycles. The van der Waals surface area contributed by atoms with E-state index < -0.39 is 59.0 Å². The van der Waals surface area contributed by atoms with Crippen molar-refractivity contribution in [3.8, 4) is 5.88 Å². The number of amides is 1. The largest absolute Gasteiger partial charge is 0.480 e. The molecule has 3 aliphatic rings. The van der Waals surface area contributed by atoms with Crippen LogP contribution in [0.3, 0.4) is 0 Å². The zero-order valence-electron chi connectivity index (χ0n) is 21.8. The van der Waals surface area contributed by atoms with Crippen molar-refractivity contribution in [3.63, 3.8) is 0 Å². The first-order valence-corrected chi connectivity index (χ1v) is 15.0. The van der Waals surface area contributed by atoms with Gasteiger partial charge < -0.3 is 15.4 Å². The maximum atomic E-state index is 13.6. The first-order valence-electron chi connectivity index (χ1n) is 12.7. The lowest BCUT2D eigenvalue weighted by Crippen LogP contribution is -2.50. The van der Waals surface area contributed by atoms with E-state index in [1.165, 1.54) is 13.4 Å². The summed E-state index contributed by atoms with van der Waals surface area (Å²) in [6, 6.07) is 0.365. The molecule has 3 N–H and O–H groups in total. The van der Waals surface area contributed by atoms with Crippen molar-refractivity contribution in [1.29, 1.82) is 0 Å². The molecule has 0 aromatic carbocycles. The van der Waals surface area contributed by atoms with Crippen LogP contribution in [0.1, 0.15) is 42.2 Å². The van der Waals surface area contributed by atoms with Crippen molar-refractivity contribution in [2.75, 3.05) is 17.7 Å². The summed E-state index contributed by atoms with van der Waals surface area (Å²) in [7, 11) is -1.20. The second-order valence-electron chi connectivity index (χ2n) is 10.5. The molecule has 3 aliphatic carbocycles. The van der Waals surface area contributed by atoms with Gasteiger partial charge in [-0.05, 0) is 24.8 Å². The fraction of sp³-hybridized carbons (Fsp3) is 0.565. The molecule has 0 bridgehead atoms. The van der Waals surface area contributed by atoms with Crippen LogP contribution in [0.15, 0.2) is 17.3 Å². The van der Waals surface area contributed by atoms with Gasteiger partial charge in [0.15, 0.2) is 0 Å². The lowest BCUT2D eigenvalue weighted by Gasteiger charge is -2.35. The average Bonchev–Trinajstić information content (AvgIpc) is 3.24. The quantitative estimate of drug-likeness (QED) is 0.310. The smallest absolute Gasteiger partial charge is 0.260 e. The molecule has 222 valence electrons. The van der Waals surface area contributed by atoms with Crippen LogP contribution < -0.4 is 20.1 Å². The minimum Gasteiger partial charge on any atom is -0.480 e. The number of ether oxygens (including phenoxy) is 1. The second-order valence-corrected chi connectivity index (χ2v) is 13.3. The Kier molecular flexibility index (Phi) is 6.57. The molecule has 41 heavy (non-hydrogen) atoms. The number of sulfonamides is 1. The molecule has 18 heteroatoms. The van der Waals surface area contributed by atoms with Gasteiger partial charge in [0.05, 0.1) is 7.11 Å². The van der Waals surface area contributed by atoms with Crippen LogP contribution in [-0.4, -0.2) is 63.9 Å². The Morgan fingerprint density at radius 2 is 1.95 bits per heavy atom. The van der Waals surface area contributed by atoms with Gasteiger partial charge in [0.1, 0.15) is 28.0 Å². The third-order valence-corrected chi connectivity index (χ3v) is 10.5. The van der Waals surface area contributed by atoms with E-state index in [0.717, 1.165) is 11.3 Å². The third kappa shape index (κ3) is 5.27. The number of fused-ring (bicyclic) bond motifs is 1. The summed E-state index contributed by atoms with van der Waals surface area (Å²) in [6.07, 6.45) is 0.747. The van der Waals surface area contributed by atoms with Gasteiger partial charge >= 0.3 is 0 Å². The molecule has 1 amide bonds. The summed E-state index contributed by atoms with van der Waals surface area (Å²) < 4.78 is 91.9. The molecule has 0 saturated heterocycles. The van der Waals surface area contributed by atoms with Crippen molar-refractivity contribution < 1.29 is 35.5 Å². The Balaban J connectivity index is 1.30. The van der Waals surface area contributed by atoms with Crippen LogP contribution >= 0.6 is 11.3 Å². The van der Waals surface area contributed by atoms with Crippen LogP contribution in [0, 0.1) is 5.92 Å². The molecule has 0 spiro atoms. The summed E-state index contributed by atoms with van der Waals surface area (Å²) in [5.41, 5.74) is 0.393. The number of rotatable bonds is 9. The molecule has 3 heterocycles. The summed E-state index contributed by atoms with van der Waals surface area (Å²) in [5.74, 6) is -7.31. The number of anilines is 3.